The second-order valence-corrected chi connectivity index (χ2v) is 7.01. The molecule has 0 saturated carbocycles. The van der Waals surface area contributed by atoms with Gasteiger partial charge in [0.05, 0.1) is 10.7 Å². The molecule has 0 bridgehead atoms. The predicted molar refractivity (Wildman–Crippen MR) is 100.0 cm³/mol. The third-order valence-electron chi connectivity index (χ3n) is 4.32. The van der Waals surface area contributed by atoms with Crippen LogP contribution in [-0.4, -0.2) is 43.2 Å². The van der Waals surface area contributed by atoms with Crippen LogP contribution in [0.5, 0.6) is 0 Å². The Morgan fingerprint density at radius 1 is 1.32 bits per heavy atom. The first-order chi connectivity index (χ1) is 11.9. The average molecular weight is 364 g/mol. The number of aryl methyl sites for hydroxylation is 1. The molecule has 7 heteroatoms. The topological polar surface area (TPSA) is 44.3 Å². The van der Waals surface area contributed by atoms with E-state index in [0.717, 1.165) is 42.5 Å². The molecule has 5 nitrogen and oxygen atoms in total. The highest BCUT2D eigenvalue weighted by Gasteiger charge is 2.23. The minimum atomic E-state index is -0.380. The van der Waals surface area contributed by atoms with E-state index >= 15 is 0 Å². The van der Waals surface area contributed by atoms with E-state index in [0.29, 0.717) is 12.6 Å². The van der Waals surface area contributed by atoms with Gasteiger partial charge >= 0.3 is 0 Å². The van der Waals surface area contributed by atoms with Gasteiger partial charge in [0.1, 0.15) is 5.82 Å². The van der Waals surface area contributed by atoms with Crippen molar-refractivity contribution in [3.05, 3.63) is 46.5 Å². The maximum Gasteiger partial charge on any atom is 0.225 e. The standard InChI is InChI=1S/C18H23ClFN5/c1-12-8-14(23-18(22-12)24(2)3)10-21-13-6-7-25(11-13)15-4-5-17(20)16(19)9-15/h4-5,8-9,13,21H,6-7,10-11H2,1-3H3. The zero-order valence-corrected chi connectivity index (χ0v) is 15.5. The summed E-state index contributed by atoms with van der Waals surface area (Å²) in [5, 5.41) is 3.73. The fourth-order valence-corrected chi connectivity index (χ4v) is 3.17. The molecule has 1 aliphatic heterocycles. The van der Waals surface area contributed by atoms with E-state index in [-0.39, 0.29) is 10.8 Å². The van der Waals surface area contributed by atoms with Crippen molar-refractivity contribution in [2.24, 2.45) is 0 Å². The van der Waals surface area contributed by atoms with E-state index in [1.165, 1.54) is 6.07 Å². The number of nitrogens with one attached hydrogen (secondary N) is 1. The van der Waals surface area contributed by atoms with Gasteiger partial charge in [-0.3, -0.25) is 0 Å². The van der Waals surface area contributed by atoms with Crippen LogP contribution in [-0.2, 0) is 6.54 Å². The zero-order chi connectivity index (χ0) is 18.0. The molecule has 1 aromatic carbocycles. The molecule has 2 heterocycles. The molecule has 0 amide bonds. The molecule has 1 aromatic heterocycles. The first kappa shape index (κ1) is 17.9. The number of hydrogen-bond donors (Lipinski definition) is 1. The van der Waals surface area contributed by atoms with Gasteiger partial charge in [0, 0.05) is 51.2 Å². The third kappa shape index (κ3) is 4.38. The Labute approximate surface area is 152 Å². The highest BCUT2D eigenvalue weighted by molar-refractivity contribution is 6.31. The van der Waals surface area contributed by atoms with E-state index in [2.05, 4.69) is 20.2 Å². The summed E-state index contributed by atoms with van der Waals surface area (Å²) in [4.78, 5) is 13.1. The smallest absolute Gasteiger partial charge is 0.225 e. The van der Waals surface area contributed by atoms with Crippen LogP contribution < -0.4 is 15.1 Å². The summed E-state index contributed by atoms with van der Waals surface area (Å²) in [7, 11) is 3.88. The minimum absolute atomic E-state index is 0.168. The van der Waals surface area contributed by atoms with Gasteiger partial charge < -0.3 is 15.1 Å². The van der Waals surface area contributed by atoms with Crippen LogP contribution >= 0.6 is 11.6 Å². The number of rotatable bonds is 5. The lowest BCUT2D eigenvalue weighted by Crippen LogP contribution is -2.32. The number of hydrogen-bond acceptors (Lipinski definition) is 5. The molecule has 0 aliphatic carbocycles. The Balaban J connectivity index is 1.59. The number of halogens is 2. The summed E-state index contributed by atoms with van der Waals surface area (Å²) in [5.41, 5.74) is 2.91. The van der Waals surface area contributed by atoms with E-state index in [1.54, 1.807) is 12.1 Å². The van der Waals surface area contributed by atoms with Gasteiger partial charge in [-0.15, -0.1) is 0 Å². The molecule has 134 valence electrons. The fraction of sp³-hybridized carbons (Fsp3) is 0.444. The monoisotopic (exact) mass is 363 g/mol. The molecule has 0 spiro atoms. The second-order valence-electron chi connectivity index (χ2n) is 6.61. The van der Waals surface area contributed by atoms with Crippen molar-refractivity contribution in [3.63, 3.8) is 0 Å². The van der Waals surface area contributed by atoms with E-state index in [4.69, 9.17) is 11.6 Å². The molecule has 1 aliphatic rings. The molecule has 0 radical (unpaired) electrons. The van der Waals surface area contributed by atoms with Crippen molar-refractivity contribution in [1.82, 2.24) is 15.3 Å². The van der Waals surface area contributed by atoms with Crippen LogP contribution in [0.3, 0.4) is 0 Å². The lowest BCUT2D eigenvalue weighted by Gasteiger charge is -2.19. The molecule has 1 N–H and O–H groups in total. The molecular formula is C18H23ClFN5. The van der Waals surface area contributed by atoms with Crippen LogP contribution in [0.4, 0.5) is 16.0 Å². The van der Waals surface area contributed by atoms with E-state index < -0.39 is 0 Å². The SMILES string of the molecule is Cc1cc(CNC2CCN(c3ccc(F)c(Cl)c3)C2)nc(N(C)C)n1. The van der Waals surface area contributed by atoms with Crippen molar-refractivity contribution in [2.45, 2.75) is 25.9 Å². The number of anilines is 2. The van der Waals surface area contributed by atoms with Gasteiger partial charge in [-0.25, -0.2) is 14.4 Å². The van der Waals surface area contributed by atoms with Crippen LogP contribution in [0.2, 0.25) is 5.02 Å². The molecular weight excluding hydrogens is 341 g/mol. The van der Waals surface area contributed by atoms with Crippen molar-refractivity contribution < 1.29 is 4.39 Å². The number of nitrogens with zero attached hydrogens (tertiary/aromatic N) is 4. The Morgan fingerprint density at radius 3 is 2.84 bits per heavy atom. The highest BCUT2D eigenvalue weighted by Crippen LogP contribution is 2.25. The summed E-state index contributed by atoms with van der Waals surface area (Å²) in [6.07, 6.45) is 1.03. The molecule has 1 atom stereocenters. The Bertz CT molecular complexity index is 752. The van der Waals surface area contributed by atoms with Crippen molar-refractivity contribution in [3.8, 4) is 0 Å². The summed E-state index contributed by atoms with van der Waals surface area (Å²) in [6.45, 7) is 4.47. The Kier molecular flexibility index (Phi) is 5.39. The third-order valence-corrected chi connectivity index (χ3v) is 4.61. The molecule has 1 fully saturated rings. The highest BCUT2D eigenvalue weighted by atomic mass is 35.5. The first-order valence-corrected chi connectivity index (χ1v) is 8.75. The van der Waals surface area contributed by atoms with Crippen molar-refractivity contribution in [1.29, 1.82) is 0 Å². The zero-order valence-electron chi connectivity index (χ0n) is 14.8. The van der Waals surface area contributed by atoms with Crippen molar-refractivity contribution >= 4 is 23.2 Å². The van der Waals surface area contributed by atoms with Crippen LogP contribution in [0.1, 0.15) is 17.8 Å². The van der Waals surface area contributed by atoms with Gasteiger partial charge in [-0.1, -0.05) is 11.6 Å². The minimum Gasteiger partial charge on any atom is -0.370 e. The van der Waals surface area contributed by atoms with E-state index in [9.17, 15) is 4.39 Å². The maximum atomic E-state index is 13.3. The fourth-order valence-electron chi connectivity index (χ4n) is 3.00. The summed E-state index contributed by atoms with van der Waals surface area (Å²) in [5.74, 6) is 0.348. The molecule has 1 saturated heterocycles. The molecule has 2 aromatic rings. The van der Waals surface area contributed by atoms with E-state index in [1.807, 2.05) is 32.0 Å². The maximum absolute atomic E-state index is 13.3. The summed E-state index contributed by atoms with van der Waals surface area (Å²) in [6, 6.07) is 7.26. The number of benzene rings is 1. The molecule has 1 unspecified atom stereocenters. The van der Waals surface area contributed by atoms with Crippen LogP contribution in [0.25, 0.3) is 0 Å². The van der Waals surface area contributed by atoms with Gasteiger partial charge in [0.25, 0.3) is 0 Å². The van der Waals surface area contributed by atoms with Crippen LogP contribution in [0.15, 0.2) is 24.3 Å². The van der Waals surface area contributed by atoms with Crippen molar-refractivity contribution in [2.75, 3.05) is 37.0 Å². The Morgan fingerprint density at radius 2 is 2.12 bits per heavy atom. The molecule has 3 rings (SSSR count). The summed E-state index contributed by atoms with van der Waals surface area (Å²) < 4.78 is 13.3. The largest absolute Gasteiger partial charge is 0.370 e. The quantitative estimate of drug-likeness (QED) is 0.884. The van der Waals surface area contributed by atoms with Crippen LogP contribution in [0, 0.1) is 12.7 Å². The van der Waals surface area contributed by atoms with Gasteiger partial charge in [0.2, 0.25) is 5.95 Å². The Hall–Kier alpha value is -1.92. The predicted octanol–water partition coefficient (Wildman–Crippen LogP) is 3.01. The first-order valence-electron chi connectivity index (χ1n) is 8.37. The van der Waals surface area contributed by atoms with Gasteiger partial charge in [-0.2, -0.15) is 0 Å². The normalized spacial score (nSPS) is 17.2. The second kappa shape index (κ2) is 7.54. The molecule has 25 heavy (non-hydrogen) atoms. The lowest BCUT2D eigenvalue weighted by atomic mass is 10.2. The lowest BCUT2D eigenvalue weighted by molar-refractivity contribution is 0.545. The average Bonchev–Trinajstić information content (AvgIpc) is 3.04. The van der Waals surface area contributed by atoms with Gasteiger partial charge in [-0.05, 0) is 37.6 Å². The van der Waals surface area contributed by atoms with Gasteiger partial charge in [0.15, 0.2) is 0 Å². The summed E-state index contributed by atoms with van der Waals surface area (Å²) >= 11 is 5.89. The number of aromatic nitrogens is 2.